The normalized spacial score (nSPS) is 10.2. The van der Waals surface area contributed by atoms with Gasteiger partial charge >= 0.3 is 6.99 Å². The van der Waals surface area contributed by atoms with Crippen molar-refractivity contribution in [1.82, 2.24) is 0 Å². The van der Waals surface area contributed by atoms with E-state index in [1.54, 1.807) is 0 Å². The predicted molar refractivity (Wildman–Crippen MR) is 58.9 cm³/mol. The van der Waals surface area contributed by atoms with Crippen molar-refractivity contribution in [2.24, 2.45) is 0 Å². The van der Waals surface area contributed by atoms with Gasteiger partial charge in [0.1, 0.15) is 11.6 Å². The molecule has 0 bridgehead atoms. The Morgan fingerprint density at radius 2 is 0.938 bits per heavy atom. The minimum atomic E-state index is -1.36. The summed E-state index contributed by atoms with van der Waals surface area (Å²) in [5.41, 5.74) is 0.709. The second-order valence-corrected chi connectivity index (χ2v) is 3.47. The van der Waals surface area contributed by atoms with Gasteiger partial charge < -0.3 is 4.32 Å². The van der Waals surface area contributed by atoms with Crippen molar-refractivity contribution >= 4 is 17.9 Å². The monoisotopic (exact) mass is 220 g/mol. The standard InChI is InChI=1S/C12H8BF3/c14-11-5-1-9(2-6-11)13(16)10-3-7-12(15)8-4-10/h1-8H. The molecule has 0 amide bonds. The average Bonchev–Trinajstić information content (AvgIpc) is 2.30. The maximum atomic E-state index is 13.9. The topological polar surface area (TPSA) is 0 Å². The summed E-state index contributed by atoms with van der Waals surface area (Å²) in [5, 5.41) is 0. The smallest absolute Gasteiger partial charge is 0.322 e. The van der Waals surface area contributed by atoms with Gasteiger partial charge in [-0.2, -0.15) is 0 Å². The Balaban J connectivity index is 2.28. The van der Waals surface area contributed by atoms with E-state index in [1.165, 1.54) is 48.5 Å². The lowest BCUT2D eigenvalue weighted by Crippen LogP contribution is -2.38. The fourth-order valence-corrected chi connectivity index (χ4v) is 1.46. The lowest BCUT2D eigenvalue weighted by Gasteiger charge is -2.04. The first-order valence-electron chi connectivity index (χ1n) is 4.82. The molecule has 0 radical (unpaired) electrons. The van der Waals surface area contributed by atoms with E-state index in [4.69, 9.17) is 0 Å². The van der Waals surface area contributed by atoms with Crippen LogP contribution in [0.25, 0.3) is 0 Å². The van der Waals surface area contributed by atoms with E-state index in [-0.39, 0.29) is 0 Å². The summed E-state index contributed by atoms with van der Waals surface area (Å²) >= 11 is 0. The Kier molecular flexibility index (Phi) is 2.99. The summed E-state index contributed by atoms with van der Waals surface area (Å²) < 4.78 is 39.2. The molecule has 0 aliphatic carbocycles. The molecule has 0 atom stereocenters. The van der Waals surface area contributed by atoms with Crippen molar-refractivity contribution in [2.75, 3.05) is 0 Å². The van der Waals surface area contributed by atoms with Crippen LogP contribution in [-0.4, -0.2) is 6.99 Å². The average molecular weight is 220 g/mol. The largest absolute Gasteiger partial charge is 0.413 e. The zero-order valence-electron chi connectivity index (χ0n) is 8.33. The number of hydrogen-bond donors (Lipinski definition) is 0. The molecule has 0 heterocycles. The van der Waals surface area contributed by atoms with E-state index in [1.807, 2.05) is 0 Å². The van der Waals surface area contributed by atoms with Crippen LogP contribution in [0.2, 0.25) is 0 Å². The Bertz CT molecular complexity index is 419. The van der Waals surface area contributed by atoms with Crippen LogP contribution in [0.15, 0.2) is 48.5 Å². The molecule has 0 saturated carbocycles. The van der Waals surface area contributed by atoms with Crippen LogP contribution in [0.3, 0.4) is 0 Å². The van der Waals surface area contributed by atoms with Gasteiger partial charge in [0.2, 0.25) is 0 Å². The molecule has 2 rings (SSSR count). The van der Waals surface area contributed by atoms with Crippen molar-refractivity contribution in [2.45, 2.75) is 0 Å². The molecular weight excluding hydrogens is 212 g/mol. The molecule has 0 fully saturated rings. The molecule has 0 aromatic heterocycles. The summed E-state index contributed by atoms with van der Waals surface area (Å²) in [4.78, 5) is 0. The van der Waals surface area contributed by atoms with Crippen molar-refractivity contribution in [3.63, 3.8) is 0 Å². The van der Waals surface area contributed by atoms with Crippen molar-refractivity contribution in [1.29, 1.82) is 0 Å². The van der Waals surface area contributed by atoms with Gasteiger partial charge in [0, 0.05) is 0 Å². The lowest BCUT2D eigenvalue weighted by atomic mass is 9.58. The summed E-state index contributed by atoms with van der Waals surface area (Å²) in [5.74, 6) is -0.815. The molecular formula is C12H8BF3. The van der Waals surface area contributed by atoms with Gasteiger partial charge in [0.05, 0.1) is 0 Å². The summed E-state index contributed by atoms with van der Waals surface area (Å²) in [6.07, 6.45) is 0. The maximum Gasteiger partial charge on any atom is 0.413 e. The third-order valence-corrected chi connectivity index (χ3v) is 2.33. The van der Waals surface area contributed by atoms with Gasteiger partial charge in [-0.15, -0.1) is 0 Å². The first-order valence-corrected chi connectivity index (χ1v) is 4.82. The number of rotatable bonds is 2. The van der Waals surface area contributed by atoms with Gasteiger partial charge in [-0.05, 0) is 35.2 Å². The van der Waals surface area contributed by atoms with Crippen molar-refractivity contribution in [3.05, 3.63) is 60.2 Å². The maximum absolute atomic E-state index is 13.9. The number of halogens is 3. The van der Waals surface area contributed by atoms with E-state index in [0.29, 0.717) is 10.9 Å². The van der Waals surface area contributed by atoms with Crippen LogP contribution in [0.1, 0.15) is 0 Å². The zero-order chi connectivity index (χ0) is 11.5. The zero-order valence-corrected chi connectivity index (χ0v) is 8.33. The predicted octanol–water partition coefficient (Wildman–Crippen LogP) is 2.04. The summed E-state index contributed by atoms with van der Waals surface area (Å²) in [6.45, 7) is -1.36. The highest BCUT2D eigenvalue weighted by molar-refractivity contribution is 6.79. The Hall–Kier alpha value is -1.71. The van der Waals surface area contributed by atoms with Crippen LogP contribution < -0.4 is 10.9 Å². The molecule has 0 saturated heterocycles. The van der Waals surface area contributed by atoms with E-state index in [2.05, 4.69) is 0 Å². The van der Waals surface area contributed by atoms with E-state index in [9.17, 15) is 13.1 Å². The van der Waals surface area contributed by atoms with Crippen LogP contribution in [0.5, 0.6) is 0 Å². The van der Waals surface area contributed by atoms with Gasteiger partial charge in [0.15, 0.2) is 0 Å². The molecule has 2 aromatic rings. The fraction of sp³-hybridized carbons (Fsp3) is 0. The molecule has 0 N–H and O–H groups in total. The van der Waals surface area contributed by atoms with Crippen molar-refractivity contribution in [3.8, 4) is 0 Å². The molecule has 0 spiro atoms. The molecule has 0 aliphatic heterocycles. The first-order chi connectivity index (χ1) is 7.66. The van der Waals surface area contributed by atoms with Gasteiger partial charge in [-0.1, -0.05) is 24.3 Å². The van der Waals surface area contributed by atoms with Gasteiger partial charge in [0.25, 0.3) is 0 Å². The van der Waals surface area contributed by atoms with Crippen LogP contribution in [0.4, 0.5) is 13.1 Å². The number of hydrogen-bond acceptors (Lipinski definition) is 0. The second kappa shape index (κ2) is 4.43. The van der Waals surface area contributed by atoms with Crippen LogP contribution in [-0.2, 0) is 0 Å². The highest BCUT2D eigenvalue weighted by atomic mass is 19.1. The van der Waals surface area contributed by atoms with E-state index in [0.717, 1.165) is 0 Å². The van der Waals surface area contributed by atoms with Crippen LogP contribution in [0, 0.1) is 11.6 Å². The van der Waals surface area contributed by atoms with Gasteiger partial charge in [-0.3, -0.25) is 0 Å². The third-order valence-electron chi connectivity index (χ3n) is 2.33. The minimum absolute atomic E-state index is 0.355. The fourth-order valence-electron chi connectivity index (χ4n) is 1.46. The molecule has 0 unspecified atom stereocenters. The highest BCUT2D eigenvalue weighted by Gasteiger charge is 2.19. The molecule has 80 valence electrons. The van der Waals surface area contributed by atoms with Gasteiger partial charge in [-0.25, -0.2) is 8.78 Å². The van der Waals surface area contributed by atoms with E-state index < -0.39 is 18.6 Å². The molecule has 2 aromatic carbocycles. The SMILES string of the molecule is FB(c1ccc(F)cc1)c1ccc(F)cc1. The van der Waals surface area contributed by atoms with Crippen LogP contribution >= 0.6 is 0 Å². The number of benzene rings is 2. The molecule has 4 heteroatoms. The van der Waals surface area contributed by atoms with Crippen molar-refractivity contribution < 1.29 is 13.1 Å². The summed E-state index contributed by atoms with van der Waals surface area (Å²) in [6, 6.07) is 10.3. The third kappa shape index (κ3) is 2.27. The second-order valence-electron chi connectivity index (χ2n) is 3.47. The molecule has 16 heavy (non-hydrogen) atoms. The Morgan fingerprint density at radius 3 is 1.25 bits per heavy atom. The highest BCUT2D eigenvalue weighted by Crippen LogP contribution is 1.98. The summed E-state index contributed by atoms with van der Waals surface area (Å²) in [7, 11) is 0. The Labute approximate surface area is 91.9 Å². The quantitative estimate of drug-likeness (QED) is 0.679. The lowest BCUT2D eigenvalue weighted by molar-refractivity contribution is 0.628. The molecule has 0 nitrogen and oxygen atoms in total. The Morgan fingerprint density at radius 1 is 0.625 bits per heavy atom. The van der Waals surface area contributed by atoms with E-state index >= 15 is 0 Å². The minimum Gasteiger partial charge on any atom is -0.322 e. The molecule has 0 aliphatic rings. The first kappa shape index (κ1) is 10.8.